The monoisotopic (exact) mass is 312 g/mol. The third kappa shape index (κ3) is 5.24. The Morgan fingerprint density at radius 2 is 1.48 bits per heavy atom. The first kappa shape index (κ1) is 16.7. The lowest BCUT2D eigenvalue weighted by Crippen LogP contribution is -2.80. The van der Waals surface area contributed by atoms with E-state index in [-0.39, 0.29) is 0 Å². The molecular formula is C19H22NO3+. The molecule has 0 spiro atoms. The fraction of sp³-hybridized carbons (Fsp3) is 0.263. The van der Waals surface area contributed by atoms with Gasteiger partial charge in [0, 0.05) is 17.2 Å². The Bertz CT molecular complexity index is 637. The molecule has 0 aliphatic carbocycles. The second kappa shape index (κ2) is 8.72. The summed E-state index contributed by atoms with van der Waals surface area (Å²) in [5.74, 6) is 4.86. The molecule has 0 aliphatic heterocycles. The highest BCUT2D eigenvalue weighted by Crippen LogP contribution is 2.21. The van der Waals surface area contributed by atoms with Crippen molar-refractivity contribution in [3.05, 3.63) is 53.6 Å². The van der Waals surface area contributed by atoms with Crippen molar-refractivity contribution in [1.82, 2.24) is 0 Å². The zero-order valence-electron chi connectivity index (χ0n) is 13.5. The topological polar surface area (TPSA) is 44.3 Å². The van der Waals surface area contributed by atoms with Gasteiger partial charge in [0.05, 0.1) is 14.2 Å². The van der Waals surface area contributed by atoms with E-state index in [4.69, 9.17) is 20.6 Å². The molecule has 0 amide bonds. The highest BCUT2D eigenvalue weighted by molar-refractivity contribution is 5.38. The van der Waals surface area contributed by atoms with Gasteiger partial charge in [-0.05, 0) is 36.4 Å². The minimum atomic E-state index is 0.295. The largest absolute Gasteiger partial charge is 0.497 e. The van der Waals surface area contributed by atoms with Gasteiger partial charge in [-0.3, -0.25) is 0 Å². The summed E-state index contributed by atoms with van der Waals surface area (Å²) in [6.07, 6.45) is 5.17. The van der Waals surface area contributed by atoms with Gasteiger partial charge in [-0.2, -0.15) is 0 Å². The van der Waals surface area contributed by atoms with Crippen LogP contribution in [0.25, 0.3) is 0 Å². The molecule has 2 N–H and O–H groups in total. The van der Waals surface area contributed by atoms with Gasteiger partial charge in [0.25, 0.3) is 0 Å². The van der Waals surface area contributed by atoms with Crippen LogP contribution in [0, 0.1) is 12.3 Å². The molecule has 0 saturated carbocycles. The summed E-state index contributed by atoms with van der Waals surface area (Å²) in [5, 5.41) is 2.23. The summed E-state index contributed by atoms with van der Waals surface area (Å²) < 4.78 is 15.9. The van der Waals surface area contributed by atoms with E-state index in [0.29, 0.717) is 6.61 Å². The Morgan fingerprint density at radius 1 is 0.870 bits per heavy atom. The third-order valence-corrected chi connectivity index (χ3v) is 3.42. The maximum atomic E-state index is 5.36. The van der Waals surface area contributed by atoms with Crippen molar-refractivity contribution in [2.45, 2.75) is 13.1 Å². The van der Waals surface area contributed by atoms with E-state index in [1.165, 1.54) is 5.56 Å². The van der Waals surface area contributed by atoms with Crippen molar-refractivity contribution in [2.24, 2.45) is 0 Å². The Kier molecular flexibility index (Phi) is 6.34. The maximum Gasteiger partial charge on any atom is 0.148 e. The first-order valence-corrected chi connectivity index (χ1v) is 7.44. The number of ether oxygens (including phenoxy) is 3. The van der Waals surface area contributed by atoms with E-state index < -0.39 is 0 Å². The van der Waals surface area contributed by atoms with Gasteiger partial charge in [-0.15, -0.1) is 6.42 Å². The zero-order chi connectivity index (χ0) is 16.5. The quantitative estimate of drug-likeness (QED) is 0.758. The van der Waals surface area contributed by atoms with Crippen LogP contribution in [0.1, 0.15) is 11.1 Å². The van der Waals surface area contributed by atoms with Crippen molar-refractivity contribution in [2.75, 3.05) is 20.8 Å². The number of terminal acetylenes is 1. The van der Waals surface area contributed by atoms with E-state index in [0.717, 1.165) is 35.9 Å². The molecule has 0 bridgehead atoms. The summed E-state index contributed by atoms with van der Waals surface area (Å²) >= 11 is 0. The van der Waals surface area contributed by atoms with Crippen LogP contribution in [0.2, 0.25) is 0 Å². The van der Waals surface area contributed by atoms with Gasteiger partial charge in [0.2, 0.25) is 0 Å². The lowest BCUT2D eigenvalue weighted by molar-refractivity contribution is -0.686. The third-order valence-electron chi connectivity index (χ3n) is 3.42. The zero-order valence-corrected chi connectivity index (χ0v) is 13.5. The molecule has 2 rings (SSSR count). The summed E-state index contributed by atoms with van der Waals surface area (Å²) in [6.45, 7) is 2.03. The number of rotatable bonds is 8. The van der Waals surface area contributed by atoms with Crippen molar-refractivity contribution in [1.29, 1.82) is 0 Å². The minimum Gasteiger partial charge on any atom is -0.497 e. The molecule has 23 heavy (non-hydrogen) atoms. The number of quaternary nitrogens is 1. The van der Waals surface area contributed by atoms with Crippen molar-refractivity contribution >= 4 is 0 Å². The summed E-state index contributed by atoms with van der Waals surface area (Å²) in [4.78, 5) is 0. The molecule has 0 aromatic heterocycles. The molecule has 0 fully saturated rings. The smallest absolute Gasteiger partial charge is 0.148 e. The lowest BCUT2D eigenvalue weighted by Gasteiger charge is -2.08. The van der Waals surface area contributed by atoms with Crippen molar-refractivity contribution in [3.8, 4) is 29.6 Å². The van der Waals surface area contributed by atoms with Gasteiger partial charge in [-0.1, -0.05) is 5.92 Å². The molecule has 0 radical (unpaired) electrons. The number of benzene rings is 2. The number of methoxy groups -OCH3 is 2. The minimum absolute atomic E-state index is 0.295. The summed E-state index contributed by atoms with van der Waals surface area (Å²) in [6, 6.07) is 13.9. The molecule has 0 atom stereocenters. The van der Waals surface area contributed by atoms with Crippen molar-refractivity contribution < 1.29 is 19.5 Å². The Labute approximate surface area is 137 Å². The number of hydrogen-bond acceptors (Lipinski definition) is 3. The fourth-order valence-electron chi connectivity index (χ4n) is 2.24. The van der Waals surface area contributed by atoms with E-state index in [9.17, 15) is 0 Å². The van der Waals surface area contributed by atoms with Crippen LogP contribution in [-0.2, 0) is 13.1 Å². The predicted octanol–water partition coefficient (Wildman–Crippen LogP) is 1.98. The average Bonchev–Trinajstić information content (AvgIpc) is 2.60. The van der Waals surface area contributed by atoms with E-state index in [1.54, 1.807) is 14.2 Å². The van der Waals surface area contributed by atoms with Gasteiger partial charge >= 0.3 is 0 Å². The summed E-state index contributed by atoms with van der Waals surface area (Å²) in [5.41, 5.74) is 2.39. The number of nitrogens with two attached hydrogens (primary N) is 1. The average molecular weight is 312 g/mol. The van der Waals surface area contributed by atoms with Crippen LogP contribution in [-0.4, -0.2) is 20.8 Å². The molecule has 4 heteroatoms. The Morgan fingerprint density at radius 3 is 2.04 bits per heavy atom. The Hall–Kier alpha value is -2.64. The van der Waals surface area contributed by atoms with Gasteiger partial charge in [-0.25, -0.2) is 0 Å². The van der Waals surface area contributed by atoms with Crippen LogP contribution in [0.5, 0.6) is 17.2 Å². The van der Waals surface area contributed by atoms with E-state index >= 15 is 0 Å². The molecule has 120 valence electrons. The van der Waals surface area contributed by atoms with E-state index in [2.05, 4.69) is 23.4 Å². The highest BCUT2D eigenvalue weighted by atomic mass is 16.5. The highest BCUT2D eigenvalue weighted by Gasteiger charge is 2.04. The molecule has 4 nitrogen and oxygen atoms in total. The van der Waals surface area contributed by atoms with Gasteiger partial charge in [0.15, 0.2) is 0 Å². The molecule has 0 unspecified atom stereocenters. The predicted molar refractivity (Wildman–Crippen MR) is 89.6 cm³/mol. The molecular weight excluding hydrogens is 290 g/mol. The molecule has 2 aromatic carbocycles. The molecule has 2 aromatic rings. The summed E-state index contributed by atoms with van der Waals surface area (Å²) in [7, 11) is 3.32. The maximum absolute atomic E-state index is 5.36. The van der Waals surface area contributed by atoms with Crippen molar-refractivity contribution in [3.63, 3.8) is 0 Å². The number of hydrogen-bond donors (Lipinski definition) is 1. The Balaban J connectivity index is 1.88. The first-order chi connectivity index (χ1) is 11.2. The normalized spacial score (nSPS) is 9.96. The lowest BCUT2D eigenvalue weighted by atomic mass is 10.2. The van der Waals surface area contributed by atoms with Crippen LogP contribution in [0.3, 0.4) is 0 Å². The van der Waals surface area contributed by atoms with Gasteiger partial charge < -0.3 is 19.5 Å². The van der Waals surface area contributed by atoms with Crippen LogP contribution >= 0.6 is 0 Å². The van der Waals surface area contributed by atoms with Crippen LogP contribution < -0.4 is 19.5 Å². The molecule has 0 saturated heterocycles. The molecule has 0 aliphatic rings. The molecule has 0 heterocycles. The van der Waals surface area contributed by atoms with E-state index in [1.807, 2.05) is 30.3 Å². The standard InChI is InChI=1S/C19H21NO3/c1-4-9-23-17-7-5-15(6-8-17)13-20-14-16-10-18(21-2)12-19(11-16)22-3/h1,5-8,10-12,20H,9,13-14H2,2-3H3/p+1. The first-order valence-electron chi connectivity index (χ1n) is 7.44. The SMILES string of the molecule is C#CCOc1ccc(C[NH2+]Cc2cc(OC)cc(OC)c2)cc1. The second-order valence-corrected chi connectivity index (χ2v) is 5.05. The fourth-order valence-corrected chi connectivity index (χ4v) is 2.24. The van der Waals surface area contributed by atoms with Crippen LogP contribution in [0.4, 0.5) is 0 Å². The van der Waals surface area contributed by atoms with Crippen LogP contribution in [0.15, 0.2) is 42.5 Å². The second-order valence-electron chi connectivity index (χ2n) is 5.05. The van der Waals surface area contributed by atoms with Gasteiger partial charge in [0.1, 0.15) is 36.9 Å².